The Balaban J connectivity index is 2.10. The Morgan fingerprint density at radius 1 is 1.02 bits per heavy atom. The monoisotopic (exact) mass is 601 g/mol. The van der Waals surface area contributed by atoms with Crippen LogP contribution in [0, 0.1) is 12.8 Å². The number of carbonyl (C=O) groups excluding carboxylic acids is 4. The molecule has 14 heteroatoms. The van der Waals surface area contributed by atoms with E-state index in [1.54, 1.807) is 39.8 Å². The van der Waals surface area contributed by atoms with Gasteiger partial charge >= 0.3 is 11.7 Å². The molecule has 1 aromatic heterocycles. The summed E-state index contributed by atoms with van der Waals surface area (Å²) < 4.78 is 10.5. The molecule has 8 N–H and O–H groups in total. The number of nitrogens with two attached hydrogens (primary N) is 2. The fourth-order valence-corrected chi connectivity index (χ4v) is 4.09. The van der Waals surface area contributed by atoms with Gasteiger partial charge in [-0.1, -0.05) is 13.8 Å². The first kappa shape index (κ1) is 34.6. The van der Waals surface area contributed by atoms with E-state index in [0.29, 0.717) is 29.5 Å². The van der Waals surface area contributed by atoms with Crippen molar-refractivity contribution in [3.63, 3.8) is 0 Å². The molecule has 0 bridgehead atoms. The molecule has 0 aliphatic carbocycles. The van der Waals surface area contributed by atoms with Crippen molar-refractivity contribution >= 4 is 46.4 Å². The number of nitrogens with one attached hydrogen (secondary N) is 4. The number of guanidine groups is 1. The lowest BCUT2D eigenvalue weighted by Crippen LogP contribution is -2.52. The van der Waals surface area contributed by atoms with Crippen LogP contribution in [-0.4, -0.2) is 60.5 Å². The fourth-order valence-electron chi connectivity index (χ4n) is 4.09. The number of amides is 4. The number of nitrogens with zero attached hydrogens (tertiary/aromatic N) is 1. The molecule has 1 aromatic carbocycles. The summed E-state index contributed by atoms with van der Waals surface area (Å²) in [6, 6.07) is 4.32. The molecule has 0 saturated carbocycles. The highest BCUT2D eigenvalue weighted by atomic mass is 16.6. The number of benzene rings is 1. The van der Waals surface area contributed by atoms with Gasteiger partial charge in [0.15, 0.2) is 5.96 Å². The van der Waals surface area contributed by atoms with Crippen LogP contribution in [0.15, 0.2) is 38.5 Å². The normalized spacial score (nSPS) is 12.6. The highest BCUT2D eigenvalue weighted by Crippen LogP contribution is 2.21. The molecule has 43 heavy (non-hydrogen) atoms. The van der Waals surface area contributed by atoms with Crippen molar-refractivity contribution in [2.45, 2.75) is 78.5 Å². The van der Waals surface area contributed by atoms with Crippen molar-refractivity contribution < 1.29 is 28.3 Å². The highest BCUT2D eigenvalue weighted by molar-refractivity contribution is 5.99. The molecular weight excluding hydrogens is 558 g/mol. The predicted octanol–water partition coefficient (Wildman–Crippen LogP) is 1.63. The zero-order valence-corrected chi connectivity index (χ0v) is 25.5. The van der Waals surface area contributed by atoms with Crippen molar-refractivity contribution in [2.75, 3.05) is 18.4 Å². The lowest BCUT2D eigenvalue weighted by atomic mass is 10.0. The Morgan fingerprint density at radius 3 is 2.35 bits per heavy atom. The molecule has 236 valence electrons. The maximum Gasteiger partial charge on any atom is 0.408 e. The van der Waals surface area contributed by atoms with E-state index < -0.39 is 53.7 Å². The van der Waals surface area contributed by atoms with Gasteiger partial charge in [0.1, 0.15) is 23.3 Å². The van der Waals surface area contributed by atoms with Crippen molar-refractivity contribution in [3.05, 3.63) is 40.2 Å². The third-order valence-corrected chi connectivity index (χ3v) is 5.95. The van der Waals surface area contributed by atoms with E-state index in [1.165, 1.54) is 12.1 Å². The number of carbonyl (C=O) groups is 4. The molecule has 0 radical (unpaired) electrons. The van der Waals surface area contributed by atoms with Crippen LogP contribution >= 0.6 is 0 Å². The van der Waals surface area contributed by atoms with Gasteiger partial charge in [-0.2, -0.15) is 0 Å². The lowest BCUT2D eigenvalue weighted by Gasteiger charge is -2.24. The van der Waals surface area contributed by atoms with Crippen molar-refractivity contribution in [2.24, 2.45) is 22.4 Å². The Hall–Kier alpha value is -4.62. The third-order valence-electron chi connectivity index (χ3n) is 5.95. The molecule has 0 aliphatic heterocycles. The number of alkyl carbamates (subject to hydrolysis) is 1. The maximum absolute atomic E-state index is 13.2. The van der Waals surface area contributed by atoms with Gasteiger partial charge in [0.05, 0.1) is 6.54 Å². The number of hydrogen-bond acceptors (Lipinski definition) is 8. The van der Waals surface area contributed by atoms with E-state index in [0.717, 1.165) is 5.56 Å². The molecule has 2 unspecified atom stereocenters. The second-order valence-electron chi connectivity index (χ2n) is 11.6. The van der Waals surface area contributed by atoms with Gasteiger partial charge in [-0.05, 0) is 70.6 Å². The molecule has 0 spiro atoms. The smallest absolute Gasteiger partial charge is 0.408 e. The zero-order chi connectivity index (χ0) is 32.3. The van der Waals surface area contributed by atoms with Gasteiger partial charge in [0.2, 0.25) is 17.7 Å². The quantitative estimate of drug-likeness (QED) is 0.0849. The number of aryl methyl sites for hydroxylation is 1. The molecule has 0 fully saturated rings. The SMILES string of the molecule is Cc1cc(=O)oc2cc(NC(=O)C(CCCN=C(N)N)NC(=O)CNC(=O)C(CC(C)C)NC(=O)OC(C)(C)C)ccc12. The van der Waals surface area contributed by atoms with Crippen LogP contribution in [-0.2, 0) is 19.1 Å². The minimum absolute atomic E-state index is 0.0601. The van der Waals surface area contributed by atoms with Crippen LogP contribution in [0.25, 0.3) is 11.0 Å². The van der Waals surface area contributed by atoms with Crippen LogP contribution in [0.2, 0.25) is 0 Å². The topological polar surface area (TPSA) is 220 Å². The number of aliphatic imine (C=N–C) groups is 1. The van der Waals surface area contributed by atoms with Crippen molar-refractivity contribution in [1.29, 1.82) is 0 Å². The average Bonchev–Trinajstić information content (AvgIpc) is 2.86. The van der Waals surface area contributed by atoms with Crippen molar-refractivity contribution in [1.82, 2.24) is 16.0 Å². The Morgan fingerprint density at radius 2 is 1.72 bits per heavy atom. The molecule has 2 rings (SSSR count). The Bertz CT molecular complexity index is 1390. The fraction of sp³-hybridized carbons (Fsp3) is 0.517. The van der Waals surface area contributed by atoms with E-state index in [-0.39, 0.29) is 24.8 Å². The minimum Gasteiger partial charge on any atom is -0.444 e. The van der Waals surface area contributed by atoms with Gasteiger partial charge in [0, 0.05) is 29.8 Å². The van der Waals surface area contributed by atoms with Gasteiger partial charge in [0.25, 0.3) is 0 Å². The molecule has 0 aliphatic rings. The molecule has 0 saturated heterocycles. The number of ether oxygens (including phenoxy) is 1. The average molecular weight is 602 g/mol. The summed E-state index contributed by atoms with van der Waals surface area (Å²) in [5.74, 6) is -1.78. The van der Waals surface area contributed by atoms with Crippen LogP contribution in [0.4, 0.5) is 10.5 Å². The summed E-state index contributed by atoms with van der Waals surface area (Å²) in [5, 5.41) is 11.1. The van der Waals surface area contributed by atoms with Gasteiger partial charge in [-0.3, -0.25) is 19.4 Å². The zero-order valence-electron chi connectivity index (χ0n) is 25.5. The molecule has 4 amide bonds. The number of fused-ring (bicyclic) bond motifs is 1. The number of hydrogen-bond donors (Lipinski definition) is 6. The van der Waals surface area contributed by atoms with Gasteiger partial charge in [-0.25, -0.2) is 9.59 Å². The summed E-state index contributed by atoms with van der Waals surface area (Å²) in [6.07, 6.45) is 0.108. The van der Waals surface area contributed by atoms with Crippen LogP contribution in [0.1, 0.15) is 59.4 Å². The molecule has 2 aromatic rings. The largest absolute Gasteiger partial charge is 0.444 e. The highest BCUT2D eigenvalue weighted by Gasteiger charge is 2.26. The van der Waals surface area contributed by atoms with Crippen LogP contribution < -0.4 is 38.4 Å². The first-order chi connectivity index (χ1) is 20.0. The van der Waals surface area contributed by atoms with Crippen molar-refractivity contribution in [3.8, 4) is 0 Å². The second-order valence-corrected chi connectivity index (χ2v) is 11.6. The van der Waals surface area contributed by atoms with Gasteiger partial charge < -0.3 is 41.9 Å². The molecule has 2 atom stereocenters. The van der Waals surface area contributed by atoms with E-state index in [9.17, 15) is 24.0 Å². The summed E-state index contributed by atoms with van der Waals surface area (Å²) in [4.78, 5) is 66.8. The van der Waals surface area contributed by atoms with E-state index in [2.05, 4.69) is 26.3 Å². The molecule has 1 heterocycles. The third kappa shape index (κ3) is 12.4. The summed E-state index contributed by atoms with van der Waals surface area (Å²) in [6.45, 7) is 10.5. The summed E-state index contributed by atoms with van der Waals surface area (Å²) >= 11 is 0. The standard InChI is InChI=1S/C29H43N7O7/c1-16(2)12-21(36-28(41)43-29(4,5)6)25(39)33-15-23(37)35-20(8-7-11-32-27(30)31)26(40)34-18-9-10-19-17(3)13-24(38)42-22(19)14-18/h9-10,13-14,16,20-21H,7-8,11-12,15H2,1-6H3,(H,33,39)(H,34,40)(H,35,37)(H,36,41)(H4,30,31,32). The molecular formula is C29H43N7O7. The molecule has 14 nitrogen and oxygen atoms in total. The minimum atomic E-state index is -1.01. The Kier molecular flexibility index (Phi) is 12.5. The maximum atomic E-state index is 13.2. The number of anilines is 1. The first-order valence-electron chi connectivity index (χ1n) is 14.0. The predicted molar refractivity (Wildman–Crippen MR) is 163 cm³/mol. The summed E-state index contributed by atoms with van der Waals surface area (Å²) in [7, 11) is 0. The van der Waals surface area contributed by atoms with Crippen LogP contribution in [0.5, 0.6) is 0 Å². The number of rotatable bonds is 13. The van der Waals surface area contributed by atoms with E-state index in [1.807, 2.05) is 13.8 Å². The summed E-state index contributed by atoms with van der Waals surface area (Å²) in [5.41, 5.74) is 10.9. The Labute approximate surface area is 250 Å². The second kappa shape index (κ2) is 15.6. The van der Waals surface area contributed by atoms with Gasteiger partial charge in [-0.15, -0.1) is 0 Å². The first-order valence-corrected chi connectivity index (χ1v) is 14.0. The van der Waals surface area contributed by atoms with E-state index >= 15 is 0 Å². The van der Waals surface area contributed by atoms with Crippen LogP contribution in [0.3, 0.4) is 0 Å². The van der Waals surface area contributed by atoms with E-state index in [4.69, 9.17) is 20.6 Å². The lowest BCUT2D eigenvalue weighted by molar-refractivity contribution is -0.129.